The van der Waals surface area contributed by atoms with Crippen LogP contribution < -0.4 is 15.4 Å². The van der Waals surface area contributed by atoms with Gasteiger partial charge in [-0.3, -0.25) is 9.79 Å². The van der Waals surface area contributed by atoms with Gasteiger partial charge in [-0.2, -0.15) is 0 Å². The Morgan fingerprint density at radius 3 is 2.61 bits per heavy atom. The van der Waals surface area contributed by atoms with Gasteiger partial charge in [0.1, 0.15) is 5.75 Å². The molecule has 7 heteroatoms. The molecule has 0 aliphatic carbocycles. The number of carbonyl (C=O) groups is 1. The highest BCUT2D eigenvalue weighted by Gasteiger charge is 2.29. The molecule has 2 aromatic rings. The number of rotatable bonds is 9. The molecule has 0 aromatic heterocycles. The number of likely N-dealkylation sites (tertiary alicyclic amines) is 1. The molecule has 1 aliphatic heterocycles. The number of amides is 1. The molecule has 2 aromatic carbocycles. The number of aliphatic imine (C=N–C) groups is 1. The number of benzene rings is 2. The molecule has 1 unspecified atom stereocenters. The monoisotopic (exact) mass is 536 g/mol. The van der Waals surface area contributed by atoms with E-state index in [1.165, 1.54) is 11.1 Å². The number of nitrogens with zero attached hydrogens (tertiary/aromatic N) is 2. The number of hydrogen-bond donors (Lipinski definition) is 2. The second-order valence-corrected chi connectivity index (χ2v) is 7.63. The van der Waals surface area contributed by atoms with Gasteiger partial charge in [0.15, 0.2) is 5.96 Å². The summed E-state index contributed by atoms with van der Waals surface area (Å²) in [5.41, 5.74) is 2.49. The third kappa shape index (κ3) is 8.05. The summed E-state index contributed by atoms with van der Waals surface area (Å²) in [6.07, 6.45) is 2.38. The Hall–Kier alpha value is -2.29. The van der Waals surface area contributed by atoms with Crippen LogP contribution in [0.4, 0.5) is 0 Å². The first-order valence-electron chi connectivity index (χ1n) is 10.6. The smallest absolute Gasteiger partial charge is 0.223 e. The van der Waals surface area contributed by atoms with Crippen LogP contribution in [0.5, 0.6) is 5.75 Å². The van der Waals surface area contributed by atoms with Gasteiger partial charge in [-0.05, 0) is 36.1 Å². The van der Waals surface area contributed by atoms with Crippen molar-refractivity contribution in [1.29, 1.82) is 0 Å². The molecular formula is C24H33IN4O2. The Kier molecular flexibility index (Phi) is 10.6. The van der Waals surface area contributed by atoms with E-state index in [-0.39, 0.29) is 29.9 Å². The molecule has 0 spiro atoms. The Bertz CT molecular complexity index is 844. The predicted molar refractivity (Wildman–Crippen MR) is 136 cm³/mol. The van der Waals surface area contributed by atoms with Gasteiger partial charge in [0, 0.05) is 45.6 Å². The zero-order chi connectivity index (χ0) is 21.2. The van der Waals surface area contributed by atoms with Crippen LogP contribution in [0.25, 0.3) is 0 Å². The first-order chi connectivity index (χ1) is 14.7. The Balaban J connectivity index is 0.00000341. The highest BCUT2D eigenvalue weighted by Crippen LogP contribution is 2.17. The van der Waals surface area contributed by atoms with Gasteiger partial charge >= 0.3 is 0 Å². The van der Waals surface area contributed by atoms with E-state index in [0.29, 0.717) is 12.3 Å². The van der Waals surface area contributed by atoms with Crippen LogP contribution in [-0.4, -0.2) is 57.1 Å². The normalized spacial score (nSPS) is 16.1. The van der Waals surface area contributed by atoms with Crippen LogP contribution in [0.2, 0.25) is 0 Å². The van der Waals surface area contributed by atoms with Crippen molar-refractivity contribution in [2.45, 2.75) is 19.3 Å². The summed E-state index contributed by atoms with van der Waals surface area (Å²) in [6.45, 7) is 3.11. The lowest BCUT2D eigenvalue weighted by atomic mass is 10.1. The molecule has 0 radical (unpaired) electrons. The quantitative estimate of drug-likeness (QED) is 0.294. The second kappa shape index (κ2) is 13.2. The molecule has 3 rings (SSSR count). The van der Waals surface area contributed by atoms with Gasteiger partial charge in [-0.25, -0.2) is 0 Å². The van der Waals surface area contributed by atoms with E-state index in [9.17, 15) is 4.79 Å². The maximum absolute atomic E-state index is 12.3. The predicted octanol–water partition coefficient (Wildman–Crippen LogP) is 3.11. The Morgan fingerprint density at radius 1 is 1.10 bits per heavy atom. The van der Waals surface area contributed by atoms with Crippen molar-refractivity contribution < 1.29 is 9.53 Å². The van der Waals surface area contributed by atoms with E-state index in [0.717, 1.165) is 50.7 Å². The molecule has 6 nitrogen and oxygen atoms in total. The number of guanidine groups is 1. The van der Waals surface area contributed by atoms with Crippen molar-refractivity contribution in [2.75, 3.05) is 40.3 Å². The van der Waals surface area contributed by atoms with Gasteiger partial charge in [-0.15, -0.1) is 24.0 Å². The fourth-order valence-electron chi connectivity index (χ4n) is 3.73. The van der Waals surface area contributed by atoms with Gasteiger partial charge < -0.3 is 20.3 Å². The van der Waals surface area contributed by atoms with Crippen molar-refractivity contribution in [3.8, 4) is 5.75 Å². The zero-order valence-corrected chi connectivity index (χ0v) is 20.7. The van der Waals surface area contributed by atoms with E-state index in [4.69, 9.17) is 4.74 Å². The molecule has 1 heterocycles. The number of hydrogen-bond acceptors (Lipinski definition) is 3. The Labute approximate surface area is 202 Å². The minimum Gasteiger partial charge on any atom is -0.497 e. The van der Waals surface area contributed by atoms with Crippen molar-refractivity contribution in [2.24, 2.45) is 10.9 Å². The number of halogens is 1. The average molecular weight is 536 g/mol. The standard InChI is InChI=1S/C24H32N4O2.HI/c1-25-24(26-13-11-20-9-6-10-22(15-20)30-2)27-17-21-16-23(29)28(18-21)14-12-19-7-4-3-5-8-19;/h3-10,15,21H,11-14,16-18H2,1-2H3,(H2,25,26,27);1H. The number of ether oxygens (including phenoxy) is 1. The topological polar surface area (TPSA) is 66.0 Å². The van der Waals surface area contributed by atoms with Crippen LogP contribution >= 0.6 is 24.0 Å². The summed E-state index contributed by atoms with van der Waals surface area (Å²) in [5.74, 6) is 2.20. The number of nitrogens with one attached hydrogen (secondary N) is 2. The summed E-state index contributed by atoms with van der Waals surface area (Å²) in [7, 11) is 3.45. The molecular weight excluding hydrogens is 503 g/mol. The van der Waals surface area contributed by atoms with E-state index >= 15 is 0 Å². The number of methoxy groups -OCH3 is 1. The average Bonchev–Trinajstić information content (AvgIpc) is 3.15. The molecule has 1 aliphatic rings. The lowest BCUT2D eigenvalue weighted by molar-refractivity contribution is -0.127. The second-order valence-electron chi connectivity index (χ2n) is 7.63. The molecule has 0 bridgehead atoms. The highest BCUT2D eigenvalue weighted by molar-refractivity contribution is 14.0. The fourth-order valence-corrected chi connectivity index (χ4v) is 3.73. The third-order valence-corrected chi connectivity index (χ3v) is 5.43. The molecule has 168 valence electrons. The minimum atomic E-state index is 0. The molecule has 0 saturated carbocycles. The number of carbonyl (C=O) groups excluding carboxylic acids is 1. The summed E-state index contributed by atoms with van der Waals surface area (Å²) in [5, 5.41) is 6.72. The maximum atomic E-state index is 12.3. The first kappa shape index (κ1) is 25.0. The van der Waals surface area contributed by atoms with Crippen molar-refractivity contribution in [1.82, 2.24) is 15.5 Å². The van der Waals surface area contributed by atoms with Crippen LogP contribution in [0.1, 0.15) is 17.5 Å². The lowest BCUT2D eigenvalue weighted by Crippen LogP contribution is -2.41. The zero-order valence-electron chi connectivity index (χ0n) is 18.3. The van der Waals surface area contributed by atoms with Gasteiger partial charge in [-0.1, -0.05) is 42.5 Å². The summed E-state index contributed by atoms with van der Waals surface area (Å²) in [4.78, 5) is 18.6. The van der Waals surface area contributed by atoms with Gasteiger partial charge in [0.25, 0.3) is 0 Å². The van der Waals surface area contributed by atoms with Crippen molar-refractivity contribution >= 4 is 35.8 Å². The third-order valence-electron chi connectivity index (χ3n) is 5.43. The molecule has 1 saturated heterocycles. The summed E-state index contributed by atoms with van der Waals surface area (Å²) >= 11 is 0. The summed E-state index contributed by atoms with van der Waals surface area (Å²) < 4.78 is 5.27. The van der Waals surface area contributed by atoms with E-state index in [2.05, 4.69) is 33.8 Å². The molecule has 1 fully saturated rings. The lowest BCUT2D eigenvalue weighted by Gasteiger charge is -2.18. The van der Waals surface area contributed by atoms with Gasteiger partial charge in [0.2, 0.25) is 5.91 Å². The fraction of sp³-hybridized carbons (Fsp3) is 0.417. The highest BCUT2D eigenvalue weighted by atomic mass is 127. The van der Waals surface area contributed by atoms with Crippen LogP contribution in [0.15, 0.2) is 59.6 Å². The van der Waals surface area contributed by atoms with Crippen molar-refractivity contribution in [3.63, 3.8) is 0 Å². The van der Waals surface area contributed by atoms with E-state index < -0.39 is 0 Å². The molecule has 31 heavy (non-hydrogen) atoms. The van der Waals surface area contributed by atoms with Crippen molar-refractivity contribution in [3.05, 3.63) is 65.7 Å². The maximum Gasteiger partial charge on any atom is 0.223 e. The van der Waals surface area contributed by atoms with Gasteiger partial charge in [0.05, 0.1) is 7.11 Å². The largest absolute Gasteiger partial charge is 0.497 e. The Morgan fingerprint density at radius 2 is 1.87 bits per heavy atom. The SMILES string of the molecule is CN=C(NCCc1cccc(OC)c1)NCC1CC(=O)N(CCc2ccccc2)C1.I. The van der Waals surface area contributed by atoms with Crippen LogP contribution in [0, 0.1) is 5.92 Å². The molecule has 2 N–H and O–H groups in total. The van der Waals surface area contributed by atoms with Crippen LogP contribution in [0.3, 0.4) is 0 Å². The summed E-state index contributed by atoms with van der Waals surface area (Å²) in [6, 6.07) is 18.4. The van der Waals surface area contributed by atoms with E-state index in [1.807, 2.05) is 41.3 Å². The minimum absolute atomic E-state index is 0. The molecule has 1 atom stereocenters. The first-order valence-corrected chi connectivity index (χ1v) is 10.6. The van der Waals surface area contributed by atoms with Crippen LogP contribution in [-0.2, 0) is 17.6 Å². The van der Waals surface area contributed by atoms with E-state index in [1.54, 1.807) is 14.2 Å². The molecule has 1 amide bonds.